The molecule has 1 N–H and O–H groups in total. The van der Waals surface area contributed by atoms with Crippen molar-refractivity contribution in [1.82, 2.24) is 9.88 Å². The van der Waals surface area contributed by atoms with Crippen LogP contribution < -0.4 is 10.2 Å². The van der Waals surface area contributed by atoms with Gasteiger partial charge >= 0.3 is 0 Å². The zero-order valence-electron chi connectivity index (χ0n) is 16.9. The summed E-state index contributed by atoms with van der Waals surface area (Å²) < 4.78 is 1.05. The maximum atomic E-state index is 12.5. The number of anilines is 2. The lowest BCUT2D eigenvalue weighted by Gasteiger charge is -2.19. The molecule has 5 rings (SSSR count). The number of aromatic nitrogens is 1. The van der Waals surface area contributed by atoms with Gasteiger partial charge in [-0.25, -0.2) is 4.98 Å². The molecular weight excluding hydrogens is 400 g/mol. The molecule has 158 valence electrons. The molecule has 2 unspecified atom stereocenters. The minimum absolute atomic E-state index is 0.0852. The minimum atomic E-state index is -0.186. The lowest BCUT2D eigenvalue weighted by atomic mass is 9.81. The normalized spacial score (nSPS) is 24.0. The monoisotopic (exact) mass is 426 g/mol. The molecule has 8 heteroatoms. The Bertz CT molecular complexity index is 973. The first kappa shape index (κ1) is 19.5. The van der Waals surface area contributed by atoms with E-state index >= 15 is 0 Å². The van der Waals surface area contributed by atoms with Crippen LogP contribution in [-0.2, 0) is 14.4 Å². The lowest BCUT2D eigenvalue weighted by Crippen LogP contribution is -2.34. The van der Waals surface area contributed by atoms with Crippen molar-refractivity contribution < 1.29 is 14.4 Å². The van der Waals surface area contributed by atoms with E-state index in [4.69, 9.17) is 4.98 Å². The average molecular weight is 427 g/mol. The highest BCUT2D eigenvalue weighted by atomic mass is 32.1. The van der Waals surface area contributed by atoms with Gasteiger partial charge < -0.3 is 10.2 Å². The van der Waals surface area contributed by atoms with E-state index < -0.39 is 0 Å². The summed E-state index contributed by atoms with van der Waals surface area (Å²) in [7, 11) is 0. The van der Waals surface area contributed by atoms with Crippen LogP contribution in [-0.4, -0.2) is 47.2 Å². The van der Waals surface area contributed by atoms with Gasteiger partial charge in [0.15, 0.2) is 5.13 Å². The Morgan fingerprint density at radius 1 is 1.07 bits per heavy atom. The van der Waals surface area contributed by atoms with Gasteiger partial charge in [0.25, 0.3) is 0 Å². The van der Waals surface area contributed by atoms with E-state index in [0.717, 1.165) is 59.8 Å². The molecule has 3 heterocycles. The van der Waals surface area contributed by atoms with Crippen molar-refractivity contribution in [2.24, 2.45) is 11.8 Å². The molecule has 0 spiro atoms. The summed E-state index contributed by atoms with van der Waals surface area (Å²) in [6.45, 7) is 2.27. The van der Waals surface area contributed by atoms with Crippen LogP contribution in [0.4, 0.5) is 10.8 Å². The summed E-state index contributed by atoms with van der Waals surface area (Å²) in [4.78, 5) is 45.9. The summed E-state index contributed by atoms with van der Waals surface area (Å²) in [5.74, 6) is -0.675. The van der Waals surface area contributed by atoms with Crippen LogP contribution in [0.3, 0.4) is 0 Å². The zero-order chi connectivity index (χ0) is 20.7. The lowest BCUT2D eigenvalue weighted by molar-refractivity contribution is -0.140. The molecule has 3 fully saturated rings. The molecule has 3 aliphatic rings. The number of hydrogen-bond acceptors (Lipinski definition) is 6. The molecular formula is C22H26N4O3S. The number of rotatable bonds is 5. The molecule has 2 atom stereocenters. The van der Waals surface area contributed by atoms with Crippen LogP contribution in [0.2, 0.25) is 0 Å². The second-order valence-corrected chi connectivity index (χ2v) is 9.51. The number of hydrogen-bond donors (Lipinski definition) is 1. The molecule has 0 bridgehead atoms. The van der Waals surface area contributed by atoms with E-state index in [1.165, 1.54) is 17.7 Å². The molecule has 3 amide bonds. The van der Waals surface area contributed by atoms with E-state index in [1.54, 1.807) is 11.3 Å². The number of imide groups is 1. The van der Waals surface area contributed by atoms with Gasteiger partial charge in [0.05, 0.1) is 22.1 Å². The van der Waals surface area contributed by atoms with Crippen molar-refractivity contribution in [1.29, 1.82) is 0 Å². The van der Waals surface area contributed by atoms with Crippen molar-refractivity contribution >= 4 is 50.1 Å². The summed E-state index contributed by atoms with van der Waals surface area (Å²) in [6.07, 6.45) is 6.15. The van der Waals surface area contributed by atoms with Gasteiger partial charge in [-0.1, -0.05) is 24.2 Å². The molecule has 1 aromatic carbocycles. The number of nitrogens with zero attached hydrogens (tertiary/aromatic N) is 3. The summed E-state index contributed by atoms with van der Waals surface area (Å²) in [6, 6.07) is 5.73. The molecule has 1 aromatic heterocycles. The first-order chi connectivity index (χ1) is 14.6. The molecule has 2 aromatic rings. The maximum Gasteiger partial charge on any atom is 0.233 e. The highest BCUT2D eigenvalue weighted by Gasteiger charge is 2.47. The van der Waals surface area contributed by atoms with Gasteiger partial charge in [-0.2, -0.15) is 0 Å². The van der Waals surface area contributed by atoms with Crippen molar-refractivity contribution in [3.05, 3.63) is 18.2 Å². The Hall–Kier alpha value is -2.48. The van der Waals surface area contributed by atoms with Gasteiger partial charge in [-0.3, -0.25) is 19.3 Å². The molecule has 0 radical (unpaired) electrons. The third-order valence-corrected chi connectivity index (χ3v) is 7.61. The zero-order valence-corrected chi connectivity index (χ0v) is 17.7. The molecule has 2 aliphatic heterocycles. The fraction of sp³-hybridized carbons (Fsp3) is 0.545. The standard InChI is InChI=1S/C22H26N4O3S/c27-19(9-12-26-20(28)15-5-1-2-6-16(15)21(26)29)23-14-7-8-17-18(13-14)30-22(24-17)25-10-3-4-11-25/h7-8,13,15-16H,1-6,9-12H2,(H,23,27). The Balaban J connectivity index is 1.20. The van der Waals surface area contributed by atoms with Gasteiger partial charge in [-0.15, -0.1) is 0 Å². The number of benzene rings is 1. The third-order valence-electron chi connectivity index (χ3n) is 6.53. The second-order valence-electron chi connectivity index (χ2n) is 8.50. The number of amides is 3. The van der Waals surface area contributed by atoms with Crippen LogP contribution in [0.1, 0.15) is 44.9 Å². The predicted octanol–water partition coefficient (Wildman–Crippen LogP) is 3.40. The van der Waals surface area contributed by atoms with Crippen molar-refractivity contribution in [3.63, 3.8) is 0 Å². The van der Waals surface area contributed by atoms with Crippen LogP contribution in [0.5, 0.6) is 0 Å². The summed E-state index contributed by atoms with van der Waals surface area (Å²) >= 11 is 1.65. The largest absolute Gasteiger partial charge is 0.348 e. The van der Waals surface area contributed by atoms with Gasteiger partial charge in [0.1, 0.15) is 0 Å². The minimum Gasteiger partial charge on any atom is -0.348 e. The number of carbonyl (C=O) groups excluding carboxylic acids is 3. The summed E-state index contributed by atoms with van der Waals surface area (Å²) in [5, 5.41) is 3.95. The Labute approximate surface area is 179 Å². The van der Waals surface area contributed by atoms with Crippen molar-refractivity contribution in [3.8, 4) is 0 Å². The van der Waals surface area contributed by atoms with Crippen molar-refractivity contribution in [2.45, 2.75) is 44.9 Å². The molecule has 1 saturated carbocycles. The molecule has 1 aliphatic carbocycles. The topological polar surface area (TPSA) is 82.6 Å². The van der Waals surface area contributed by atoms with E-state index in [9.17, 15) is 14.4 Å². The van der Waals surface area contributed by atoms with E-state index in [0.29, 0.717) is 0 Å². The average Bonchev–Trinajstić information content (AvgIpc) is 3.47. The van der Waals surface area contributed by atoms with Gasteiger partial charge in [-0.05, 0) is 43.9 Å². The molecule has 30 heavy (non-hydrogen) atoms. The fourth-order valence-corrected chi connectivity index (χ4v) is 5.98. The first-order valence-corrected chi connectivity index (χ1v) is 11.7. The highest BCUT2D eigenvalue weighted by Crippen LogP contribution is 2.38. The van der Waals surface area contributed by atoms with Crippen LogP contribution in [0, 0.1) is 11.8 Å². The predicted molar refractivity (Wildman–Crippen MR) is 116 cm³/mol. The molecule has 2 saturated heterocycles. The number of fused-ring (bicyclic) bond motifs is 2. The Kier molecular flexibility index (Phi) is 5.18. The SMILES string of the molecule is O=C(CCN1C(=O)C2CCCCC2C1=O)Nc1ccc2nc(N3CCCC3)sc2c1. The number of likely N-dealkylation sites (tertiary alicyclic amines) is 1. The van der Waals surface area contributed by atoms with E-state index in [-0.39, 0.29) is 42.5 Å². The number of nitrogens with one attached hydrogen (secondary N) is 1. The van der Waals surface area contributed by atoms with Crippen LogP contribution in [0.15, 0.2) is 18.2 Å². The Morgan fingerprint density at radius 3 is 2.47 bits per heavy atom. The third kappa shape index (κ3) is 3.57. The maximum absolute atomic E-state index is 12.5. The quantitative estimate of drug-likeness (QED) is 0.741. The first-order valence-electron chi connectivity index (χ1n) is 10.9. The van der Waals surface area contributed by atoms with Gasteiger partial charge in [0.2, 0.25) is 17.7 Å². The molecule has 7 nitrogen and oxygen atoms in total. The van der Waals surface area contributed by atoms with Gasteiger partial charge in [0, 0.05) is 31.7 Å². The van der Waals surface area contributed by atoms with E-state index in [1.807, 2.05) is 18.2 Å². The summed E-state index contributed by atoms with van der Waals surface area (Å²) in [5.41, 5.74) is 1.66. The van der Waals surface area contributed by atoms with E-state index in [2.05, 4.69) is 10.2 Å². The smallest absolute Gasteiger partial charge is 0.233 e. The fourth-order valence-electron chi connectivity index (χ4n) is 4.92. The van der Waals surface area contributed by atoms with Crippen molar-refractivity contribution in [2.75, 3.05) is 29.9 Å². The Morgan fingerprint density at radius 2 is 1.77 bits per heavy atom. The highest BCUT2D eigenvalue weighted by molar-refractivity contribution is 7.22. The van der Waals surface area contributed by atoms with Crippen LogP contribution >= 0.6 is 11.3 Å². The number of thiazole rings is 1. The number of carbonyl (C=O) groups is 3. The van der Waals surface area contributed by atoms with Crippen LogP contribution in [0.25, 0.3) is 10.2 Å². The second kappa shape index (κ2) is 7.98.